The quantitative estimate of drug-likeness (QED) is 0.861. The second kappa shape index (κ2) is 7.23. The van der Waals surface area contributed by atoms with E-state index in [0.717, 1.165) is 38.3 Å². The lowest BCUT2D eigenvalue weighted by Gasteiger charge is -2.27. The van der Waals surface area contributed by atoms with E-state index in [-0.39, 0.29) is 17.9 Å². The van der Waals surface area contributed by atoms with Crippen LogP contribution in [-0.4, -0.2) is 58.6 Å². The van der Waals surface area contributed by atoms with Gasteiger partial charge in [-0.25, -0.2) is 0 Å². The Labute approximate surface area is 151 Å². The van der Waals surface area contributed by atoms with Crippen molar-refractivity contribution < 1.29 is 9.53 Å². The molecule has 25 heavy (non-hydrogen) atoms. The standard InChI is InChI=1S/C17H23N5O2S/c1-24-15-9-18-8-13(15)14-11-22(20-19-14)6-3-17(23)21-5-2-16-12(10-21)4-7-25-16/h4,7,11,13,15,18H,2-3,5-6,8-10H2,1H3/t13-,15+/m0/s1. The number of nitrogens with one attached hydrogen (secondary N) is 1. The molecule has 2 aliphatic heterocycles. The summed E-state index contributed by atoms with van der Waals surface area (Å²) in [7, 11) is 1.73. The second-order valence-electron chi connectivity index (χ2n) is 6.63. The second-order valence-corrected chi connectivity index (χ2v) is 7.63. The fraction of sp³-hybridized carbons (Fsp3) is 0.588. The normalized spacial score (nSPS) is 23.0. The summed E-state index contributed by atoms with van der Waals surface area (Å²) in [5, 5.41) is 13.9. The van der Waals surface area contributed by atoms with Gasteiger partial charge in [-0.1, -0.05) is 5.21 Å². The summed E-state index contributed by atoms with van der Waals surface area (Å²) in [5.41, 5.74) is 2.23. The molecular formula is C17H23N5O2S. The Balaban J connectivity index is 1.32. The van der Waals surface area contributed by atoms with Crippen molar-refractivity contribution in [2.75, 3.05) is 26.7 Å². The molecule has 4 rings (SSSR count). The van der Waals surface area contributed by atoms with Crippen LogP contribution in [0.1, 0.15) is 28.5 Å². The van der Waals surface area contributed by atoms with Crippen LogP contribution in [0.25, 0.3) is 0 Å². The first-order valence-corrected chi connectivity index (χ1v) is 9.59. The van der Waals surface area contributed by atoms with Crippen molar-refractivity contribution in [2.24, 2.45) is 0 Å². The van der Waals surface area contributed by atoms with Gasteiger partial charge in [-0.05, 0) is 23.4 Å². The zero-order valence-corrected chi connectivity index (χ0v) is 15.2. The number of carbonyl (C=O) groups is 1. The highest BCUT2D eigenvalue weighted by Crippen LogP contribution is 2.25. The van der Waals surface area contributed by atoms with Gasteiger partial charge in [-0.2, -0.15) is 0 Å². The molecule has 0 bridgehead atoms. The van der Waals surface area contributed by atoms with Gasteiger partial charge in [0, 0.05) is 56.7 Å². The number of aryl methyl sites for hydroxylation is 1. The van der Waals surface area contributed by atoms with Gasteiger partial charge in [0.25, 0.3) is 0 Å². The molecule has 1 N–H and O–H groups in total. The average Bonchev–Trinajstić information content (AvgIpc) is 3.38. The number of hydrogen-bond donors (Lipinski definition) is 1. The van der Waals surface area contributed by atoms with Gasteiger partial charge in [-0.15, -0.1) is 16.4 Å². The molecule has 2 aromatic heterocycles. The molecule has 2 aliphatic rings. The van der Waals surface area contributed by atoms with Gasteiger partial charge < -0.3 is 15.0 Å². The Morgan fingerprint density at radius 2 is 2.40 bits per heavy atom. The van der Waals surface area contributed by atoms with Crippen molar-refractivity contribution >= 4 is 17.2 Å². The Hall–Kier alpha value is -1.77. The highest BCUT2D eigenvalue weighted by Gasteiger charge is 2.30. The van der Waals surface area contributed by atoms with Gasteiger partial charge in [0.15, 0.2) is 0 Å². The van der Waals surface area contributed by atoms with Crippen molar-refractivity contribution in [1.29, 1.82) is 0 Å². The third kappa shape index (κ3) is 3.47. The van der Waals surface area contributed by atoms with Crippen LogP contribution in [0.3, 0.4) is 0 Å². The van der Waals surface area contributed by atoms with Crippen molar-refractivity contribution in [3.63, 3.8) is 0 Å². The molecule has 0 radical (unpaired) electrons. The van der Waals surface area contributed by atoms with Crippen LogP contribution in [-0.2, 0) is 29.0 Å². The van der Waals surface area contributed by atoms with Crippen LogP contribution in [0.4, 0.5) is 0 Å². The summed E-state index contributed by atoms with van der Waals surface area (Å²) in [5.74, 6) is 0.416. The lowest BCUT2D eigenvalue weighted by Crippen LogP contribution is -2.35. The fourth-order valence-corrected chi connectivity index (χ4v) is 4.51. The highest BCUT2D eigenvalue weighted by molar-refractivity contribution is 7.10. The number of ether oxygens (including phenoxy) is 1. The van der Waals surface area contributed by atoms with Crippen LogP contribution < -0.4 is 5.32 Å². The maximum Gasteiger partial charge on any atom is 0.224 e. The molecule has 2 aromatic rings. The minimum atomic E-state index is 0.139. The average molecular weight is 361 g/mol. The number of rotatable bonds is 5. The molecule has 0 spiro atoms. The summed E-state index contributed by atoms with van der Waals surface area (Å²) < 4.78 is 7.26. The number of nitrogens with zero attached hydrogens (tertiary/aromatic N) is 4. The zero-order valence-electron chi connectivity index (χ0n) is 14.4. The van der Waals surface area contributed by atoms with Crippen molar-refractivity contribution in [3.05, 3.63) is 33.8 Å². The Kier molecular flexibility index (Phi) is 4.82. The molecule has 134 valence electrons. The molecule has 1 saturated heterocycles. The zero-order chi connectivity index (χ0) is 17.2. The van der Waals surface area contributed by atoms with Gasteiger partial charge in [0.05, 0.1) is 18.3 Å². The summed E-state index contributed by atoms with van der Waals surface area (Å²) in [6, 6.07) is 2.13. The SMILES string of the molecule is CO[C@@H]1CNC[C@H]1c1cn(CCC(=O)N2CCc3sccc3C2)nn1. The van der Waals surface area contributed by atoms with Crippen molar-refractivity contribution in [2.45, 2.75) is 38.0 Å². The van der Waals surface area contributed by atoms with Crippen LogP contribution in [0.15, 0.2) is 17.6 Å². The predicted octanol–water partition coefficient (Wildman–Crippen LogP) is 1.02. The maximum atomic E-state index is 12.5. The number of thiophene rings is 1. The number of aromatic nitrogens is 3. The lowest BCUT2D eigenvalue weighted by atomic mass is 10.0. The van der Waals surface area contributed by atoms with E-state index in [4.69, 9.17) is 4.74 Å². The molecule has 0 saturated carbocycles. The minimum Gasteiger partial charge on any atom is -0.379 e. The van der Waals surface area contributed by atoms with E-state index in [1.165, 1.54) is 10.4 Å². The van der Waals surface area contributed by atoms with Gasteiger partial charge in [-0.3, -0.25) is 9.48 Å². The Morgan fingerprint density at radius 3 is 3.28 bits per heavy atom. The van der Waals surface area contributed by atoms with Crippen LogP contribution in [0, 0.1) is 0 Å². The summed E-state index contributed by atoms with van der Waals surface area (Å²) in [4.78, 5) is 15.9. The maximum absolute atomic E-state index is 12.5. The monoisotopic (exact) mass is 361 g/mol. The number of hydrogen-bond acceptors (Lipinski definition) is 6. The van der Waals surface area contributed by atoms with E-state index in [1.807, 2.05) is 11.1 Å². The lowest BCUT2D eigenvalue weighted by molar-refractivity contribution is -0.132. The van der Waals surface area contributed by atoms with Crippen LogP contribution >= 0.6 is 11.3 Å². The molecule has 1 amide bonds. The molecule has 7 nitrogen and oxygen atoms in total. The molecular weight excluding hydrogens is 338 g/mol. The van der Waals surface area contributed by atoms with Gasteiger partial charge in [0.2, 0.25) is 5.91 Å². The first-order chi connectivity index (χ1) is 12.2. The first kappa shape index (κ1) is 16.7. The third-order valence-corrected chi connectivity index (χ3v) is 6.14. The smallest absolute Gasteiger partial charge is 0.224 e. The van der Waals surface area contributed by atoms with Crippen molar-refractivity contribution in [3.8, 4) is 0 Å². The number of amides is 1. The Morgan fingerprint density at radius 1 is 1.48 bits per heavy atom. The first-order valence-electron chi connectivity index (χ1n) is 8.71. The molecule has 2 atom stereocenters. The fourth-order valence-electron chi connectivity index (χ4n) is 3.62. The molecule has 0 aromatic carbocycles. The predicted molar refractivity (Wildman–Crippen MR) is 94.5 cm³/mol. The van der Waals surface area contributed by atoms with E-state index >= 15 is 0 Å². The minimum absolute atomic E-state index is 0.139. The molecule has 0 unspecified atom stereocenters. The van der Waals surface area contributed by atoms with E-state index in [9.17, 15) is 4.79 Å². The molecule has 4 heterocycles. The largest absolute Gasteiger partial charge is 0.379 e. The summed E-state index contributed by atoms with van der Waals surface area (Å²) in [6.07, 6.45) is 3.52. The number of carbonyl (C=O) groups excluding carboxylic acids is 1. The highest BCUT2D eigenvalue weighted by atomic mass is 32.1. The van der Waals surface area contributed by atoms with Crippen LogP contribution in [0.5, 0.6) is 0 Å². The van der Waals surface area contributed by atoms with E-state index in [0.29, 0.717) is 13.0 Å². The summed E-state index contributed by atoms with van der Waals surface area (Å²) in [6.45, 7) is 3.82. The molecule has 1 fully saturated rings. The van der Waals surface area contributed by atoms with Gasteiger partial charge >= 0.3 is 0 Å². The molecule has 0 aliphatic carbocycles. The topological polar surface area (TPSA) is 72.3 Å². The van der Waals surface area contributed by atoms with Crippen molar-refractivity contribution in [1.82, 2.24) is 25.2 Å². The number of methoxy groups -OCH3 is 1. The van der Waals surface area contributed by atoms with Crippen LogP contribution in [0.2, 0.25) is 0 Å². The summed E-state index contributed by atoms with van der Waals surface area (Å²) >= 11 is 1.79. The Bertz CT molecular complexity index is 743. The van der Waals surface area contributed by atoms with E-state index in [2.05, 4.69) is 27.1 Å². The molecule has 8 heteroatoms. The third-order valence-electron chi connectivity index (χ3n) is 5.11. The van der Waals surface area contributed by atoms with E-state index in [1.54, 1.807) is 23.1 Å². The van der Waals surface area contributed by atoms with Gasteiger partial charge in [0.1, 0.15) is 0 Å². The van der Waals surface area contributed by atoms with E-state index < -0.39 is 0 Å². The number of fused-ring (bicyclic) bond motifs is 1.